The SMILES string of the molecule is CC(C)(CNC(=O)NC1(C(=O)O)CCC1)NS(C)(=O)=O. The number of urea groups is 1. The fourth-order valence-corrected chi connectivity index (χ4v) is 3.10. The molecule has 0 aliphatic heterocycles. The summed E-state index contributed by atoms with van der Waals surface area (Å²) in [6.07, 6.45) is 2.60. The highest BCUT2D eigenvalue weighted by Crippen LogP contribution is 2.31. The van der Waals surface area contributed by atoms with Crippen molar-refractivity contribution in [1.82, 2.24) is 15.4 Å². The molecular formula is C11H21N3O5S. The van der Waals surface area contributed by atoms with Crippen LogP contribution in [0.4, 0.5) is 4.79 Å². The van der Waals surface area contributed by atoms with Gasteiger partial charge < -0.3 is 15.7 Å². The summed E-state index contributed by atoms with van der Waals surface area (Å²) in [6, 6.07) is -0.615. The highest BCUT2D eigenvalue weighted by atomic mass is 32.2. The first-order chi connectivity index (χ1) is 8.96. The van der Waals surface area contributed by atoms with E-state index in [4.69, 9.17) is 5.11 Å². The lowest BCUT2D eigenvalue weighted by atomic mass is 9.77. The first-order valence-corrected chi connectivity index (χ1v) is 8.13. The molecule has 1 aliphatic rings. The van der Waals surface area contributed by atoms with Gasteiger partial charge in [-0.2, -0.15) is 0 Å². The molecule has 1 aliphatic carbocycles. The van der Waals surface area contributed by atoms with E-state index in [2.05, 4.69) is 15.4 Å². The maximum atomic E-state index is 11.7. The predicted molar refractivity (Wildman–Crippen MR) is 72.8 cm³/mol. The minimum atomic E-state index is -3.39. The van der Waals surface area contributed by atoms with Gasteiger partial charge in [-0.3, -0.25) is 0 Å². The molecule has 0 heterocycles. The van der Waals surface area contributed by atoms with Gasteiger partial charge in [0.05, 0.1) is 6.26 Å². The highest BCUT2D eigenvalue weighted by molar-refractivity contribution is 7.88. The van der Waals surface area contributed by atoms with Crippen molar-refractivity contribution >= 4 is 22.0 Å². The Labute approximate surface area is 118 Å². The van der Waals surface area contributed by atoms with Gasteiger partial charge in [0, 0.05) is 12.1 Å². The zero-order valence-electron chi connectivity index (χ0n) is 11.8. The van der Waals surface area contributed by atoms with Crippen molar-refractivity contribution in [2.24, 2.45) is 0 Å². The van der Waals surface area contributed by atoms with Crippen molar-refractivity contribution in [3.8, 4) is 0 Å². The summed E-state index contributed by atoms with van der Waals surface area (Å²) in [5.74, 6) is -1.05. The topological polar surface area (TPSA) is 125 Å². The number of nitrogens with one attached hydrogen (secondary N) is 3. The standard InChI is InChI=1S/C11H21N3O5S/c1-10(2,14-20(3,18)19)7-12-9(17)13-11(8(15)16)5-4-6-11/h14H,4-7H2,1-3H3,(H,15,16)(H2,12,13,17). The molecule has 1 saturated carbocycles. The Morgan fingerprint density at radius 1 is 1.30 bits per heavy atom. The lowest BCUT2D eigenvalue weighted by Gasteiger charge is -2.38. The number of carbonyl (C=O) groups is 2. The predicted octanol–water partition coefficient (Wildman–Crippen LogP) is -0.379. The lowest BCUT2D eigenvalue weighted by Crippen LogP contribution is -2.62. The summed E-state index contributed by atoms with van der Waals surface area (Å²) in [7, 11) is -3.39. The smallest absolute Gasteiger partial charge is 0.329 e. The Hall–Kier alpha value is -1.35. The van der Waals surface area contributed by atoms with E-state index in [1.54, 1.807) is 13.8 Å². The van der Waals surface area contributed by atoms with E-state index in [0.29, 0.717) is 12.8 Å². The van der Waals surface area contributed by atoms with Crippen molar-refractivity contribution < 1.29 is 23.1 Å². The zero-order valence-corrected chi connectivity index (χ0v) is 12.6. The number of sulfonamides is 1. The van der Waals surface area contributed by atoms with Crippen molar-refractivity contribution in [2.45, 2.75) is 44.2 Å². The quantitative estimate of drug-likeness (QED) is 0.532. The van der Waals surface area contributed by atoms with Crippen molar-refractivity contribution in [3.63, 3.8) is 0 Å². The van der Waals surface area contributed by atoms with Crippen LogP contribution in [0.2, 0.25) is 0 Å². The number of rotatable bonds is 6. The normalized spacial score (nSPS) is 17.9. The van der Waals surface area contributed by atoms with E-state index in [9.17, 15) is 18.0 Å². The van der Waals surface area contributed by atoms with Gasteiger partial charge in [0.1, 0.15) is 5.54 Å². The number of carboxylic acids is 1. The van der Waals surface area contributed by atoms with E-state index in [0.717, 1.165) is 12.7 Å². The maximum absolute atomic E-state index is 11.7. The molecule has 0 aromatic heterocycles. The third-order valence-electron chi connectivity index (χ3n) is 3.12. The molecule has 0 radical (unpaired) electrons. The second-order valence-electron chi connectivity index (χ2n) is 5.81. The van der Waals surface area contributed by atoms with Crippen molar-refractivity contribution in [3.05, 3.63) is 0 Å². The van der Waals surface area contributed by atoms with Gasteiger partial charge in [-0.1, -0.05) is 0 Å². The fraction of sp³-hybridized carbons (Fsp3) is 0.818. The third kappa shape index (κ3) is 4.64. The summed E-state index contributed by atoms with van der Waals surface area (Å²) in [6.45, 7) is 3.27. The van der Waals surface area contributed by atoms with E-state index < -0.39 is 33.1 Å². The molecule has 1 fully saturated rings. The largest absolute Gasteiger partial charge is 0.480 e. The average molecular weight is 307 g/mol. The summed E-state index contributed by atoms with van der Waals surface area (Å²) in [4.78, 5) is 22.8. The molecule has 0 spiro atoms. The highest BCUT2D eigenvalue weighted by Gasteiger charge is 2.45. The lowest BCUT2D eigenvalue weighted by molar-refractivity contribution is -0.148. The van der Waals surface area contributed by atoms with E-state index >= 15 is 0 Å². The Kier molecular flexibility index (Phi) is 4.65. The van der Waals surface area contributed by atoms with Crippen LogP contribution in [0.5, 0.6) is 0 Å². The van der Waals surface area contributed by atoms with Crippen LogP contribution >= 0.6 is 0 Å². The number of amides is 2. The van der Waals surface area contributed by atoms with Crippen LogP contribution in [0.3, 0.4) is 0 Å². The Morgan fingerprint density at radius 3 is 2.20 bits per heavy atom. The minimum Gasteiger partial charge on any atom is -0.480 e. The van der Waals surface area contributed by atoms with Crippen LogP contribution in [0.1, 0.15) is 33.1 Å². The Morgan fingerprint density at radius 2 is 1.85 bits per heavy atom. The van der Waals surface area contributed by atoms with Gasteiger partial charge in [-0.15, -0.1) is 0 Å². The van der Waals surface area contributed by atoms with E-state index in [1.165, 1.54) is 0 Å². The molecule has 1 rings (SSSR count). The van der Waals surface area contributed by atoms with E-state index in [1.807, 2.05) is 0 Å². The molecule has 2 amide bonds. The second-order valence-corrected chi connectivity index (χ2v) is 7.56. The van der Waals surface area contributed by atoms with Crippen LogP contribution in [-0.2, 0) is 14.8 Å². The molecule has 0 unspecified atom stereocenters. The third-order valence-corrected chi connectivity index (χ3v) is 4.05. The molecular weight excluding hydrogens is 286 g/mol. The number of carboxylic acid groups (broad SMARTS) is 1. The molecule has 8 nitrogen and oxygen atoms in total. The number of aliphatic carboxylic acids is 1. The molecule has 116 valence electrons. The number of carbonyl (C=O) groups excluding carboxylic acids is 1. The van der Waals surface area contributed by atoms with Crippen LogP contribution in [0, 0.1) is 0 Å². The minimum absolute atomic E-state index is 0.0433. The average Bonchev–Trinajstić information content (AvgIpc) is 2.16. The Bertz CT molecular complexity index is 496. The molecule has 0 aromatic rings. The Balaban J connectivity index is 2.49. The van der Waals surface area contributed by atoms with Crippen LogP contribution < -0.4 is 15.4 Å². The second kappa shape index (κ2) is 5.57. The van der Waals surface area contributed by atoms with Crippen LogP contribution in [0.15, 0.2) is 0 Å². The first-order valence-electron chi connectivity index (χ1n) is 6.24. The van der Waals surface area contributed by atoms with Gasteiger partial charge in [-0.25, -0.2) is 22.7 Å². The van der Waals surface area contributed by atoms with Gasteiger partial charge >= 0.3 is 12.0 Å². The van der Waals surface area contributed by atoms with Gasteiger partial charge in [0.15, 0.2) is 0 Å². The number of hydrogen-bond acceptors (Lipinski definition) is 4. The van der Waals surface area contributed by atoms with Crippen LogP contribution in [-0.4, -0.2) is 49.4 Å². The molecule has 0 saturated heterocycles. The molecule has 0 atom stereocenters. The number of hydrogen-bond donors (Lipinski definition) is 4. The summed E-state index contributed by atoms with van der Waals surface area (Å²) in [5.41, 5.74) is -2.04. The molecule has 9 heteroatoms. The monoisotopic (exact) mass is 307 g/mol. The van der Waals surface area contributed by atoms with E-state index in [-0.39, 0.29) is 6.54 Å². The molecule has 0 bridgehead atoms. The fourth-order valence-electron chi connectivity index (χ4n) is 2.02. The molecule has 0 aromatic carbocycles. The van der Waals surface area contributed by atoms with Crippen LogP contribution in [0.25, 0.3) is 0 Å². The summed E-state index contributed by atoms with van der Waals surface area (Å²) in [5, 5.41) is 14.0. The van der Waals surface area contributed by atoms with Gasteiger partial charge in [-0.05, 0) is 33.1 Å². The summed E-state index contributed by atoms with van der Waals surface area (Å²) < 4.78 is 24.7. The maximum Gasteiger partial charge on any atom is 0.329 e. The molecule has 4 N–H and O–H groups in total. The van der Waals surface area contributed by atoms with Crippen molar-refractivity contribution in [1.29, 1.82) is 0 Å². The van der Waals surface area contributed by atoms with Gasteiger partial charge in [0.2, 0.25) is 10.0 Å². The zero-order chi connectivity index (χ0) is 15.6. The molecule has 20 heavy (non-hydrogen) atoms. The first kappa shape index (κ1) is 16.7. The van der Waals surface area contributed by atoms with Crippen molar-refractivity contribution in [2.75, 3.05) is 12.8 Å². The summed E-state index contributed by atoms with van der Waals surface area (Å²) >= 11 is 0. The van der Waals surface area contributed by atoms with Gasteiger partial charge in [0.25, 0.3) is 0 Å².